The van der Waals surface area contributed by atoms with Crippen LogP contribution in [0.25, 0.3) is 0 Å². The van der Waals surface area contributed by atoms with E-state index in [1.54, 1.807) is 0 Å². The molecule has 26 heavy (non-hydrogen) atoms. The van der Waals surface area contributed by atoms with Gasteiger partial charge in [0.05, 0.1) is 0 Å². The van der Waals surface area contributed by atoms with E-state index in [1.807, 2.05) is 17.0 Å². The molecule has 1 aromatic carbocycles. The number of rotatable bonds is 5. The lowest BCUT2D eigenvalue weighted by Gasteiger charge is -2.35. The molecule has 4 heteroatoms. The fourth-order valence-electron chi connectivity index (χ4n) is 4.14. The third kappa shape index (κ3) is 5.55. The number of hydrogen-bond acceptors (Lipinski definition) is 3. The van der Waals surface area contributed by atoms with E-state index in [0.717, 1.165) is 44.8 Å². The van der Waals surface area contributed by atoms with Gasteiger partial charge in [0, 0.05) is 44.8 Å². The molecule has 2 aliphatic rings. The third-order valence-corrected chi connectivity index (χ3v) is 5.59. The standard InChI is InChI=1S/C22H35N3O/c1-19(2)17-24-13-15-25(16-14-24)22(26)21-9-7-20(8-10-21)18-23-11-5-3-4-6-12-23/h7-10,19H,3-6,11-18H2,1-2H3. The number of benzene rings is 1. The van der Waals surface area contributed by atoms with Crippen molar-refractivity contribution in [3.05, 3.63) is 35.4 Å². The monoisotopic (exact) mass is 357 g/mol. The van der Waals surface area contributed by atoms with Crippen molar-refractivity contribution in [1.82, 2.24) is 14.7 Å². The SMILES string of the molecule is CC(C)CN1CCN(C(=O)c2ccc(CN3CCCCCC3)cc2)CC1. The molecule has 2 fully saturated rings. The fourth-order valence-corrected chi connectivity index (χ4v) is 4.14. The lowest BCUT2D eigenvalue weighted by atomic mass is 10.1. The first-order valence-electron chi connectivity index (χ1n) is 10.4. The van der Waals surface area contributed by atoms with Crippen molar-refractivity contribution < 1.29 is 4.79 Å². The number of nitrogens with zero attached hydrogens (tertiary/aromatic N) is 3. The molecule has 144 valence electrons. The Morgan fingerprint density at radius 3 is 2.04 bits per heavy atom. The summed E-state index contributed by atoms with van der Waals surface area (Å²) >= 11 is 0. The quantitative estimate of drug-likeness (QED) is 0.807. The van der Waals surface area contributed by atoms with Crippen LogP contribution in [-0.2, 0) is 6.54 Å². The molecule has 2 saturated heterocycles. The van der Waals surface area contributed by atoms with Gasteiger partial charge in [0.25, 0.3) is 5.91 Å². The number of piperazine rings is 1. The molecule has 0 atom stereocenters. The van der Waals surface area contributed by atoms with E-state index in [0.29, 0.717) is 5.92 Å². The third-order valence-electron chi connectivity index (χ3n) is 5.59. The normalized spacial score (nSPS) is 20.3. The summed E-state index contributed by atoms with van der Waals surface area (Å²) in [6.45, 7) is 12.8. The van der Waals surface area contributed by atoms with Crippen LogP contribution in [0.2, 0.25) is 0 Å². The van der Waals surface area contributed by atoms with Gasteiger partial charge in [-0.25, -0.2) is 0 Å². The van der Waals surface area contributed by atoms with Crippen molar-refractivity contribution in [2.75, 3.05) is 45.8 Å². The molecular formula is C22H35N3O. The molecule has 0 aromatic heterocycles. The summed E-state index contributed by atoms with van der Waals surface area (Å²) in [6.07, 6.45) is 5.38. The van der Waals surface area contributed by atoms with Crippen LogP contribution >= 0.6 is 0 Å². The highest BCUT2D eigenvalue weighted by Crippen LogP contribution is 2.15. The molecule has 1 amide bonds. The Morgan fingerprint density at radius 2 is 1.46 bits per heavy atom. The summed E-state index contributed by atoms with van der Waals surface area (Å²) in [5.41, 5.74) is 2.16. The van der Waals surface area contributed by atoms with Crippen LogP contribution in [0.5, 0.6) is 0 Å². The van der Waals surface area contributed by atoms with Crippen molar-refractivity contribution in [3.63, 3.8) is 0 Å². The molecule has 0 spiro atoms. The van der Waals surface area contributed by atoms with Crippen LogP contribution in [0.3, 0.4) is 0 Å². The second-order valence-corrected chi connectivity index (χ2v) is 8.37. The Bertz CT molecular complexity index is 553. The molecule has 0 N–H and O–H groups in total. The van der Waals surface area contributed by atoms with E-state index in [1.165, 1.54) is 44.3 Å². The van der Waals surface area contributed by atoms with E-state index >= 15 is 0 Å². The summed E-state index contributed by atoms with van der Waals surface area (Å²) < 4.78 is 0. The number of carbonyl (C=O) groups excluding carboxylic acids is 1. The smallest absolute Gasteiger partial charge is 0.253 e. The predicted octanol–water partition coefficient (Wildman–Crippen LogP) is 3.48. The van der Waals surface area contributed by atoms with Crippen LogP contribution < -0.4 is 0 Å². The van der Waals surface area contributed by atoms with E-state index < -0.39 is 0 Å². The van der Waals surface area contributed by atoms with Gasteiger partial charge in [0.1, 0.15) is 0 Å². The van der Waals surface area contributed by atoms with Gasteiger partial charge in [0.2, 0.25) is 0 Å². The molecule has 0 saturated carbocycles. The maximum atomic E-state index is 12.8. The Balaban J connectivity index is 1.51. The zero-order chi connectivity index (χ0) is 18.4. The highest BCUT2D eigenvalue weighted by atomic mass is 16.2. The van der Waals surface area contributed by atoms with Crippen molar-refractivity contribution in [2.45, 2.75) is 46.1 Å². The van der Waals surface area contributed by atoms with Crippen LogP contribution in [0.4, 0.5) is 0 Å². The minimum absolute atomic E-state index is 0.190. The van der Waals surface area contributed by atoms with Gasteiger partial charge in [0.15, 0.2) is 0 Å². The Labute approximate surface area is 159 Å². The lowest BCUT2D eigenvalue weighted by Crippen LogP contribution is -2.49. The molecule has 3 rings (SSSR count). The van der Waals surface area contributed by atoms with Crippen molar-refractivity contribution >= 4 is 5.91 Å². The van der Waals surface area contributed by atoms with E-state index in [2.05, 4.69) is 35.8 Å². The van der Waals surface area contributed by atoms with Gasteiger partial charge < -0.3 is 4.90 Å². The van der Waals surface area contributed by atoms with Crippen molar-refractivity contribution in [1.29, 1.82) is 0 Å². The summed E-state index contributed by atoms with van der Waals surface area (Å²) in [7, 11) is 0. The first-order valence-corrected chi connectivity index (χ1v) is 10.4. The molecule has 1 aromatic rings. The highest BCUT2D eigenvalue weighted by molar-refractivity contribution is 5.94. The van der Waals surface area contributed by atoms with Gasteiger partial charge in [-0.15, -0.1) is 0 Å². The van der Waals surface area contributed by atoms with Gasteiger partial charge in [-0.3, -0.25) is 14.6 Å². The van der Waals surface area contributed by atoms with E-state index in [4.69, 9.17) is 0 Å². The fraction of sp³-hybridized carbons (Fsp3) is 0.682. The Hall–Kier alpha value is -1.39. The highest BCUT2D eigenvalue weighted by Gasteiger charge is 2.22. The van der Waals surface area contributed by atoms with Gasteiger partial charge in [-0.1, -0.05) is 38.8 Å². The van der Waals surface area contributed by atoms with E-state index in [9.17, 15) is 4.79 Å². The summed E-state index contributed by atoms with van der Waals surface area (Å²) in [4.78, 5) is 19.8. The minimum atomic E-state index is 0.190. The molecule has 0 radical (unpaired) electrons. The molecule has 0 unspecified atom stereocenters. The molecule has 0 bridgehead atoms. The minimum Gasteiger partial charge on any atom is -0.336 e. The molecule has 2 heterocycles. The van der Waals surface area contributed by atoms with Crippen LogP contribution in [0.1, 0.15) is 55.5 Å². The molecular weight excluding hydrogens is 322 g/mol. The number of amides is 1. The maximum Gasteiger partial charge on any atom is 0.253 e. The topological polar surface area (TPSA) is 26.8 Å². The first kappa shape index (κ1) is 19.4. The van der Waals surface area contributed by atoms with Gasteiger partial charge >= 0.3 is 0 Å². The molecule has 0 aliphatic carbocycles. The second kappa shape index (κ2) is 9.52. The first-order chi connectivity index (χ1) is 12.6. The van der Waals surface area contributed by atoms with Gasteiger partial charge in [-0.2, -0.15) is 0 Å². The Kier molecular flexibility index (Phi) is 7.09. The maximum absolute atomic E-state index is 12.8. The zero-order valence-electron chi connectivity index (χ0n) is 16.6. The summed E-state index contributed by atoms with van der Waals surface area (Å²) in [6, 6.07) is 8.34. The average Bonchev–Trinajstić information content (AvgIpc) is 2.91. The molecule has 4 nitrogen and oxygen atoms in total. The lowest BCUT2D eigenvalue weighted by molar-refractivity contribution is 0.0624. The van der Waals surface area contributed by atoms with Crippen LogP contribution in [0, 0.1) is 5.92 Å². The Morgan fingerprint density at radius 1 is 0.846 bits per heavy atom. The number of carbonyl (C=O) groups is 1. The summed E-state index contributed by atoms with van der Waals surface area (Å²) in [5.74, 6) is 0.879. The van der Waals surface area contributed by atoms with Crippen LogP contribution in [0.15, 0.2) is 24.3 Å². The van der Waals surface area contributed by atoms with Crippen molar-refractivity contribution in [2.24, 2.45) is 5.92 Å². The zero-order valence-corrected chi connectivity index (χ0v) is 16.6. The number of likely N-dealkylation sites (tertiary alicyclic amines) is 1. The number of hydrogen-bond donors (Lipinski definition) is 0. The second-order valence-electron chi connectivity index (χ2n) is 8.37. The van der Waals surface area contributed by atoms with Gasteiger partial charge in [-0.05, 0) is 49.5 Å². The predicted molar refractivity (Wildman–Crippen MR) is 107 cm³/mol. The van der Waals surface area contributed by atoms with E-state index in [-0.39, 0.29) is 5.91 Å². The van der Waals surface area contributed by atoms with Crippen molar-refractivity contribution in [3.8, 4) is 0 Å². The largest absolute Gasteiger partial charge is 0.336 e. The average molecular weight is 358 g/mol. The van der Waals surface area contributed by atoms with Crippen LogP contribution in [-0.4, -0.2) is 66.4 Å². The summed E-state index contributed by atoms with van der Waals surface area (Å²) in [5, 5.41) is 0. The molecule has 2 aliphatic heterocycles.